The Hall–Kier alpha value is -1.47. The van der Waals surface area contributed by atoms with Gasteiger partial charge in [0.15, 0.2) is 0 Å². The number of benzene rings is 1. The molecule has 0 saturated heterocycles. The van der Waals surface area contributed by atoms with Gasteiger partial charge in [0, 0.05) is 0 Å². The second-order valence-electron chi connectivity index (χ2n) is 3.05. The van der Waals surface area contributed by atoms with Gasteiger partial charge in [-0.25, -0.2) is 17.8 Å². The quantitative estimate of drug-likeness (QED) is 0.813. The summed E-state index contributed by atoms with van der Waals surface area (Å²) in [6, 6.07) is 4.99. The summed E-state index contributed by atoms with van der Waals surface area (Å²) in [5, 5.41) is 7.26. The molecule has 0 aliphatic carbocycles. The minimum absolute atomic E-state index is 0.0771. The highest BCUT2D eigenvalue weighted by Gasteiger charge is 2.10. The predicted molar refractivity (Wildman–Crippen MR) is 53.5 cm³/mol. The molecule has 0 radical (unpaired) electrons. The molecular formula is C8H9N3O3S. The minimum atomic E-state index is -3.25. The number of fused-ring (bicyclic) bond motifs is 1. The zero-order chi connectivity index (χ0) is 10.9. The SMILES string of the molecule is CNS(=O)(=O)Cc1ccc2nonc2c1. The minimum Gasteiger partial charge on any atom is -0.243 e. The Labute approximate surface area is 86.3 Å². The van der Waals surface area contributed by atoms with Crippen LogP contribution in [-0.2, 0) is 15.8 Å². The lowest BCUT2D eigenvalue weighted by atomic mass is 10.2. The highest BCUT2D eigenvalue weighted by atomic mass is 32.2. The molecule has 0 atom stereocenters. The van der Waals surface area contributed by atoms with Crippen molar-refractivity contribution in [3.8, 4) is 0 Å². The zero-order valence-corrected chi connectivity index (χ0v) is 8.78. The molecule has 0 fully saturated rings. The first-order valence-electron chi connectivity index (χ1n) is 4.23. The van der Waals surface area contributed by atoms with E-state index < -0.39 is 10.0 Å². The molecule has 2 aromatic rings. The van der Waals surface area contributed by atoms with E-state index in [9.17, 15) is 8.42 Å². The van der Waals surface area contributed by atoms with Gasteiger partial charge in [0.1, 0.15) is 11.0 Å². The van der Waals surface area contributed by atoms with Crippen LogP contribution in [0.15, 0.2) is 22.8 Å². The number of nitrogens with one attached hydrogen (secondary N) is 1. The molecule has 6 nitrogen and oxygen atoms in total. The fourth-order valence-electron chi connectivity index (χ4n) is 1.21. The molecule has 0 spiro atoms. The Balaban J connectivity index is 2.37. The van der Waals surface area contributed by atoms with Crippen LogP contribution in [-0.4, -0.2) is 25.8 Å². The molecule has 0 bridgehead atoms. The van der Waals surface area contributed by atoms with Gasteiger partial charge in [0.25, 0.3) is 0 Å². The number of hydrogen-bond donors (Lipinski definition) is 1. The van der Waals surface area contributed by atoms with E-state index in [1.807, 2.05) is 0 Å². The van der Waals surface area contributed by atoms with E-state index in [4.69, 9.17) is 0 Å². The molecule has 0 amide bonds. The summed E-state index contributed by atoms with van der Waals surface area (Å²) in [6.07, 6.45) is 0. The highest BCUT2D eigenvalue weighted by molar-refractivity contribution is 7.88. The average Bonchev–Trinajstić information content (AvgIpc) is 2.64. The van der Waals surface area contributed by atoms with Crippen LogP contribution in [0.2, 0.25) is 0 Å². The van der Waals surface area contributed by atoms with Gasteiger partial charge in [0.2, 0.25) is 10.0 Å². The first-order valence-corrected chi connectivity index (χ1v) is 5.88. The van der Waals surface area contributed by atoms with Crippen molar-refractivity contribution >= 4 is 21.1 Å². The van der Waals surface area contributed by atoms with Gasteiger partial charge in [-0.05, 0) is 35.1 Å². The van der Waals surface area contributed by atoms with Crippen molar-refractivity contribution in [2.24, 2.45) is 0 Å². The molecule has 80 valence electrons. The first kappa shape index (κ1) is 10.1. The molecule has 2 rings (SSSR count). The van der Waals surface area contributed by atoms with Crippen molar-refractivity contribution in [1.29, 1.82) is 0 Å². The van der Waals surface area contributed by atoms with Crippen LogP contribution >= 0.6 is 0 Å². The summed E-state index contributed by atoms with van der Waals surface area (Å²) >= 11 is 0. The van der Waals surface area contributed by atoms with Crippen molar-refractivity contribution in [2.75, 3.05) is 7.05 Å². The normalized spacial score (nSPS) is 12.1. The molecule has 15 heavy (non-hydrogen) atoms. The van der Waals surface area contributed by atoms with Crippen molar-refractivity contribution in [3.63, 3.8) is 0 Å². The molecule has 0 aliphatic rings. The fraction of sp³-hybridized carbons (Fsp3) is 0.250. The van der Waals surface area contributed by atoms with E-state index in [2.05, 4.69) is 19.7 Å². The second kappa shape index (κ2) is 3.59. The van der Waals surface area contributed by atoms with Gasteiger partial charge >= 0.3 is 0 Å². The summed E-state index contributed by atoms with van der Waals surface area (Å²) in [6.45, 7) is 0. The third-order valence-corrected chi connectivity index (χ3v) is 3.32. The second-order valence-corrected chi connectivity index (χ2v) is 4.98. The lowest BCUT2D eigenvalue weighted by molar-refractivity contribution is 0.315. The summed E-state index contributed by atoms with van der Waals surface area (Å²) in [4.78, 5) is 0. The van der Waals surface area contributed by atoms with Gasteiger partial charge < -0.3 is 0 Å². The zero-order valence-electron chi connectivity index (χ0n) is 7.97. The number of hydrogen-bond acceptors (Lipinski definition) is 5. The van der Waals surface area contributed by atoms with Crippen LogP contribution in [0.1, 0.15) is 5.56 Å². The fourth-order valence-corrected chi connectivity index (χ4v) is 1.97. The maximum atomic E-state index is 11.3. The summed E-state index contributed by atoms with van der Waals surface area (Å²) in [5.74, 6) is -0.0771. The molecule has 0 unspecified atom stereocenters. The third kappa shape index (κ3) is 2.13. The Morgan fingerprint density at radius 1 is 1.33 bits per heavy atom. The van der Waals surface area contributed by atoms with Crippen LogP contribution in [0.4, 0.5) is 0 Å². The maximum Gasteiger partial charge on any atom is 0.215 e. The smallest absolute Gasteiger partial charge is 0.215 e. The lowest BCUT2D eigenvalue weighted by Crippen LogP contribution is -2.20. The summed E-state index contributed by atoms with van der Waals surface area (Å²) in [7, 11) is -1.87. The van der Waals surface area contributed by atoms with Crippen LogP contribution in [0.25, 0.3) is 11.0 Å². The third-order valence-electron chi connectivity index (χ3n) is 1.99. The Morgan fingerprint density at radius 2 is 2.07 bits per heavy atom. The van der Waals surface area contributed by atoms with Crippen LogP contribution in [0.3, 0.4) is 0 Å². The molecule has 1 N–H and O–H groups in total. The van der Waals surface area contributed by atoms with E-state index in [1.165, 1.54) is 7.05 Å². The number of rotatable bonds is 3. The summed E-state index contributed by atoms with van der Waals surface area (Å²) in [5.41, 5.74) is 1.81. The monoisotopic (exact) mass is 227 g/mol. The maximum absolute atomic E-state index is 11.3. The molecule has 1 heterocycles. The Kier molecular flexibility index (Phi) is 2.41. The van der Waals surface area contributed by atoms with E-state index in [0.717, 1.165) is 0 Å². The van der Waals surface area contributed by atoms with Crippen molar-refractivity contribution in [3.05, 3.63) is 23.8 Å². The van der Waals surface area contributed by atoms with Gasteiger partial charge in [-0.3, -0.25) is 0 Å². The Bertz CT molecular complexity index is 576. The molecular weight excluding hydrogens is 218 g/mol. The van der Waals surface area contributed by atoms with Gasteiger partial charge in [-0.1, -0.05) is 6.07 Å². The van der Waals surface area contributed by atoms with E-state index in [0.29, 0.717) is 16.6 Å². The number of nitrogens with zero attached hydrogens (tertiary/aromatic N) is 2. The first-order chi connectivity index (χ1) is 7.11. The predicted octanol–water partition coefficient (Wildman–Crippen LogP) is 0.272. The number of sulfonamides is 1. The van der Waals surface area contributed by atoms with Gasteiger partial charge in [0.05, 0.1) is 5.75 Å². The summed E-state index contributed by atoms with van der Waals surface area (Å²) < 4.78 is 29.3. The van der Waals surface area contributed by atoms with Crippen LogP contribution in [0.5, 0.6) is 0 Å². The average molecular weight is 227 g/mol. The molecule has 0 saturated carbocycles. The van der Waals surface area contributed by atoms with E-state index >= 15 is 0 Å². The van der Waals surface area contributed by atoms with Crippen LogP contribution < -0.4 is 4.72 Å². The van der Waals surface area contributed by atoms with Gasteiger partial charge in [-0.2, -0.15) is 0 Å². The lowest BCUT2D eigenvalue weighted by Gasteiger charge is -2.01. The molecule has 0 aliphatic heterocycles. The molecule has 1 aromatic carbocycles. The number of aromatic nitrogens is 2. The van der Waals surface area contributed by atoms with Crippen molar-refractivity contribution in [2.45, 2.75) is 5.75 Å². The van der Waals surface area contributed by atoms with Crippen molar-refractivity contribution < 1.29 is 13.0 Å². The van der Waals surface area contributed by atoms with E-state index in [1.54, 1.807) is 18.2 Å². The standard InChI is InChI=1S/C8H9N3O3S/c1-9-15(12,13)5-6-2-3-7-8(4-6)11-14-10-7/h2-4,9H,5H2,1H3. The van der Waals surface area contributed by atoms with Crippen LogP contribution in [0, 0.1) is 0 Å². The molecule has 1 aromatic heterocycles. The molecule has 7 heteroatoms. The Morgan fingerprint density at radius 3 is 2.80 bits per heavy atom. The van der Waals surface area contributed by atoms with Gasteiger partial charge in [-0.15, -0.1) is 0 Å². The highest BCUT2D eigenvalue weighted by Crippen LogP contribution is 2.13. The largest absolute Gasteiger partial charge is 0.243 e. The van der Waals surface area contributed by atoms with E-state index in [-0.39, 0.29) is 5.75 Å². The van der Waals surface area contributed by atoms with Crippen molar-refractivity contribution in [1.82, 2.24) is 15.0 Å². The topological polar surface area (TPSA) is 85.1 Å².